The molecule has 0 saturated carbocycles. The Morgan fingerprint density at radius 1 is 1.06 bits per heavy atom. The summed E-state index contributed by atoms with van der Waals surface area (Å²) in [6, 6.07) is 19.4. The Bertz CT molecular complexity index is 1190. The second-order valence-electron chi connectivity index (χ2n) is 8.41. The van der Waals surface area contributed by atoms with E-state index in [0.717, 1.165) is 18.4 Å². The van der Waals surface area contributed by atoms with E-state index in [2.05, 4.69) is 6.92 Å². The van der Waals surface area contributed by atoms with Crippen molar-refractivity contribution >= 4 is 17.4 Å². The van der Waals surface area contributed by atoms with E-state index < -0.39 is 17.7 Å². The van der Waals surface area contributed by atoms with Gasteiger partial charge in [0.2, 0.25) is 0 Å². The Labute approximate surface area is 199 Å². The number of benzene rings is 2. The normalized spacial score (nSPS) is 17.4. The number of nitrogens with zero attached hydrogens (tertiary/aromatic N) is 1. The maximum absolute atomic E-state index is 13.1. The van der Waals surface area contributed by atoms with Crippen LogP contribution in [0.5, 0.6) is 5.75 Å². The first-order valence-corrected chi connectivity index (χ1v) is 11.6. The number of furan rings is 1. The van der Waals surface area contributed by atoms with Crippen molar-refractivity contribution in [3.8, 4) is 5.75 Å². The topological polar surface area (TPSA) is 80.0 Å². The summed E-state index contributed by atoms with van der Waals surface area (Å²) in [5.74, 6) is 0.104. The average molecular weight is 460 g/mol. The second kappa shape index (κ2) is 10.4. The molecule has 3 aromatic rings. The van der Waals surface area contributed by atoms with E-state index >= 15 is 0 Å². The van der Waals surface area contributed by atoms with Crippen molar-refractivity contribution in [1.29, 1.82) is 0 Å². The SMILES string of the molecule is CCCCOc1cccc(C(O)=C2C(=O)C(=O)N(CCc3ccccc3)C2c2ccc(C)o2)c1. The number of aliphatic hydroxyl groups is 1. The number of amides is 1. The summed E-state index contributed by atoms with van der Waals surface area (Å²) in [7, 11) is 0. The van der Waals surface area contributed by atoms with Crippen molar-refractivity contribution < 1.29 is 23.8 Å². The first-order valence-electron chi connectivity index (χ1n) is 11.6. The van der Waals surface area contributed by atoms with Crippen LogP contribution in [0.3, 0.4) is 0 Å². The van der Waals surface area contributed by atoms with E-state index in [0.29, 0.717) is 42.4 Å². The van der Waals surface area contributed by atoms with Crippen LogP contribution in [0.4, 0.5) is 0 Å². The van der Waals surface area contributed by atoms with Gasteiger partial charge in [-0.3, -0.25) is 9.59 Å². The summed E-state index contributed by atoms with van der Waals surface area (Å²) in [5.41, 5.74) is 1.50. The number of ketones is 1. The molecule has 6 nitrogen and oxygen atoms in total. The summed E-state index contributed by atoms with van der Waals surface area (Å²) in [6.45, 7) is 4.77. The van der Waals surface area contributed by atoms with Crippen LogP contribution in [0.25, 0.3) is 5.76 Å². The summed E-state index contributed by atoms with van der Waals surface area (Å²) in [6.07, 6.45) is 2.50. The Morgan fingerprint density at radius 2 is 1.85 bits per heavy atom. The van der Waals surface area contributed by atoms with Gasteiger partial charge in [0, 0.05) is 12.1 Å². The van der Waals surface area contributed by atoms with Gasteiger partial charge in [-0.2, -0.15) is 0 Å². The molecule has 2 aromatic carbocycles. The Balaban J connectivity index is 1.71. The predicted molar refractivity (Wildman–Crippen MR) is 129 cm³/mol. The van der Waals surface area contributed by atoms with Gasteiger partial charge in [0.25, 0.3) is 11.7 Å². The van der Waals surface area contributed by atoms with Crippen LogP contribution in [0.1, 0.15) is 48.5 Å². The van der Waals surface area contributed by atoms with Gasteiger partial charge in [-0.25, -0.2) is 0 Å². The fourth-order valence-electron chi connectivity index (χ4n) is 4.12. The third-order valence-corrected chi connectivity index (χ3v) is 5.93. The minimum Gasteiger partial charge on any atom is -0.507 e. The molecule has 6 heteroatoms. The number of hydrogen-bond donors (Lipinski definition) is 1. The highest BCUT2D eigenvalue weighted by Crippen LogP contribution is 2.40. The van der Waals surface area contributed by atoms with Crippen LogP contribution >= 0.6 is 0 Å². The van der Waals surface area contributed by atoms with Gasteiger partial charge in [-0.15, -0.1) is 0 Å². The Morgan fingerprint density at radius 3 is 2.56 bits per heavy atom. The van der Waals surface area contributed by atoms with Gasteiger partial charge >= 0.3 is 0 Å². The van der Waals surface area contributed by atoms with Gasteiger partial charge in [0.05, 0.1) is 12.2 Å². The first-order chi connectivity index (χ1) is 16.5. The van der Waals surface area contributed by atoms with Crippen molar-refractivity contribution in [3.05, 3.63) is 95.0 Å². The van der Waals surface area contributed by atoms with Crippen LogP contribution in [0, 0.1) is 6.92 Å². The second-order valence-corrected chi connectivity index (χ2v) is 8.41. The van der Waals surface area contributed by atoms with E-state index in [1.807, 2.05) is 30.3 Å². The standard InChI is InChI=1S/C28H29NO5/c1-3-4-17-33-22-12-8-11-21(18-22)26(30)24-25(23-14-13-19(2)34-23)29(28(32)27(24)31)16-15-20-9-6-5-7-10-20/h5-14,18,25,30H,3-4,15-17H2,1-2H3. The molecule has 0 aliphatic carbocycles. The maximum Gasteiger partial charge on any atom is 0.295 e. The van der Waals surface area contributed by atoms with E-state index in [4.69, 9.17) is 9.15 Å². The molecular weight excluding hydrogens is 430 g/mol. The monoisotopic (exact) mass is 459 g/mol. The summed E-state index contributed by atoms with van der Waals surface area (Å²) < 4.78 is 11.6. The molecule has 176 valence electrons. The fourth-order valence-corrected chi connectivity index (χ4v) is 4.12. The average Bonchev–Trinajstić information content (AvgIpc) is 3.39. The zero-order valence-electron chi connectivity index (χ0n) is 19.5. The van der Waals surface area contributed by atoms with Gasteiger partial charge in [-0.1, -0.05) is 55.8 Å². The molecule has 1 aliphatic rings. The molecule has 0 bridgehead atoms. The smallest absolute Gasteiger partial charge is 0.295 e. The number of aliphatic hydroxyl groups excluding tert-OH is 1. The summed E-state index contributed by atoms with van der Waals surface area (Å²) in [4.78, 5) is 27.7. The van der Waals surface area contributed by atoms with Crippen LogP contribution in [0.2, 0.25) is 0 Å². The highest BCUT2D eigenvalue weighted by atomic mass is 16.5. The number of Topliss-reactive ketones (excluding diaryl/α,β-unsaturated/α-hetero) is 1. The molecular formula is C28H29NO5. The van der Waals surface area contributed by atoms with E-state index in [9.17, 15) is 14.7 Å². The van der Waals surface area contributed by atoms with E-state index in [1.165, 1.54) is 4.90 Å². The molecule has 1 amide bonds. The molecule has 34 heavy (non-hydrogen) atoms. The minimum atomic E-state index is -0.804. The van der Waals surface area contributed by atoms with Crippen molar-refractivity contribution in [2.75, 3.05) is 13.2 Å². The summed E-state index contributed by atoms with van der Waals surface area (Å²) in [5, 5.41) is 11.2. The maximum atomic E-state index is 13.1. The fraction of sp³-hybridized carbons (Fsp3) is 0.286. The van der Waals surface area contributed by atoms with Gasteiger partial charge in [0.15, 0.2) is 0 Å². The van der Waals surface area contributed by atoms with Crippen LogP contribution < -0.4 is 4.74 Å². The molecule has 1 aliphatic heterocycles. The number of carbonyl (C=O) groups excluding carboxylic acids is 2. The number of unbranched alkanes of at least 4 members (excludes halogenated alkanes) is 1. The number of carbonyl (C=O) groups is 2. The lowest BCUT2D eigenvalue weighted by Gasteiger charge is -2.23. The molecule has 1 fully saturated rings. The molecule has 1 atom stereocenters. The van der Waals surface area contributed by atoms with E-state index in [1.54, 1.807) is 43.3 Å². The summed E-state index contributed by atoms with van der Waals surface area (Å²) >= 11 is 0. The third-order valence-electron chi connectivity index (χ3n) is 5.93. The number of likely N-dealkylation sites (tertiary alicyclic amines) is 1. The van der Waals surface area contributed by atoms with Crippen LogP contribution in [-0.4, -0.2) is 34.8 Å². The molecule has 1 unspecified atom stereocenters. The third kappa shape index (κ3) is 4.91. The predicted octanol–water partition coefficient (Wildman–Crippen LogP) is 5.43. The number of hydrogen-bond acceptors (Lipinski definition) is 5. The molecule has 1 N–H and O–H groups in total. The first kappa shape index (κ1) is 23.4. The number of aryl methyl sites for hydroxylation is 1. The quantitative estimate of drug-likeness (QED) is 0.200. The molecule has 1 saturated heterocycles. The van der Waals surface area contributed by atoms with Crippen molar-refractivity contribution in [2.24, 2.45) is 0 Å². The lowest BCUT2D eigenvalue weighted by Crippen LogP contribution is -2.31. The van der Waals surface area contributed by atoms with Crippen molar-refractivity contribution in [3.63, 3.8) is 0 Å². The highest BCUT2D eigenvalue weighted by molar-refractivity contribution is 6.46. The molecule has 0 spiro atoms. The minimum absolute atomic E-state index is 0.0260. The zero-order valence-corrected chi connectivity index (χ0v) is 19.5. The largest absolute Gasteiger partial charge is 0.507 e. The van der Waals surface area contributed by atoms with Crippen molar-refractivity contribution in [1.82, 2.24) is 4.90 Å². The lowest BCUT2D eigenvalue weighted by atomic mass is 9.99. The van der Waals surface area contributed by atoms with Gasteiger partial charge in [0.1, 0.15) is 29.1 Å². The molecule has 2 heterocycles. The molecule has 0 radical (unpaired) electrons. The lowest BCUT2D eigenvalue weighted by molar-refractivity contribution is -0.140. The Hall–Kier alpha value is -3.80. The van der Waals surface area contributed by atoms with Crippen LogP contribution in [0.15, 0.2) is 76.7 Å². The van der Waals surface area contributed by atoms with Crippen LogP contribution in [-0.2, 0) is 16.0 Å². The molecule has 4 rings (SSSR count). The Kier molecular flexibility index (Phi) is 7.16. The number of ether oxygens (including phenoxy) is 1. The zero-order chi connectivity index (χ0) is 24.1. The number of rotatable bonds is 9. The molecule has 1 aromatic heterocycles. The van der Waals surface area contributed by atoms with Crippen molar-refractivity contribution in [2.45, 2.75) is 39.2 Å². The van der Waals surface area contributed by atoms with E-state index in [-0.39, 0.29) is 11.3 Å². The van der Waals surface area contributed by atoms with Gasteiger partial charge in [-0.05, 0) is 49.6 Å². The highest BCUT2D eigenvalue weighted by Gasteiger charge is 2.47. The van der Waals surface area contributed by atoms with Gasteiger partial charge < -0.3 is 19.2 Å².